The molecule has 0 N–H and O–H groups in total. The molecule has 0 radical (unpaired) electrons. The third kappa shape index (κ3) is 3.63. The maximum absolute atomic E-state index is 15.0. The first-order chi connectivity index (χ1) is 17.0. The Bertz CT molecular complexity index is 1410. The lowest BCUT2D eigenvalue weighted by molar-refractivity contribution is -0.119. The first-order valence-corrected chi connectivity index (χ1v) is 13.3. The van der Waals surface area contributed by atoms with Gasteiger partial charge < -0.3 is 4.52 Å². The summed E-state index contributed by atoms with van der Waals surface area (Å²) in [5.41, 5.74) is 4.33. The molecule has 4 heteroatoms. The van der Waals surface area contributed by atoms with E-state index in [1.807, 2.05) is 109 Å². The summed E-state index contributed by atoms with van der Waals surface area (Å²) >= 11 is 0. The molecule has 3 unspecified atom stereocenters. The van der Waals surface area contributed by atoms with Crippen LogP contribution in [-0.4, -0.2) is 18.0 Å². The third-order valence-electron chi connectivity index (χ3n) is 7.01. The van der Waals surface area contributed by atoms with Crippen molar-refractivity contribution in [3.63, 3.8) is 0 Å². The normalized spacial score (nSPS) is 21.7. The van der Waals surface area contributed by atoms with Crippen LogP contribution in [0.2, 0.25) is 0 Å². The quantitative estimate of drug-likeness (QED) is 0.281. The van der Waals surface area contributed by atoms with Crippen molar-refractivity contribution in [1.29, 1.82) is 0 Å². The smallest absolute Gasteiger partial charge is 0.249 e. The standard InChI is InChI=1S/C31H27O3P/c1-31(35(33,34-2)26-21-13-6-14-22-26)29(25-19-11-5-12-20-25)27(23-15-7-3-8-16-23)28(30(31)32)24-17-9-4-10-18-24/h3-22,28H,1-2H3. The van der Waals surface area contributed by atoms with E-state index < -0.39 is 18.4 Å². The molecule has 0 saturated carbocycles. The number of allylic oxidation sites excluding steroid dienone is 2. The molecule has 3 nitrogen and oxygen atoms in total. The summed E-state index contributed by atoms with van der Waals surface area (Å²) < 4.78 is 20.9. The molecule has 35 heavy (non-hydrogen) atoms. The summed E-state index contributed by atoms with van der Waals surface area (Å²) in [7, 11) is -2.26. The minimum absolute atomic E-state index is 0.115. The third-order valence-corrected chi connectivity index (χ3v) is 10.1. The predicted octanol–water partition coefficient (Wildman–Crippen LogP) is 6.97. The molecule has 0 spiro atoms. The summed E-state index contributed by atoms with van der Waals surface area (Å²) in [6.45, 7) is 1.81. The van der Waals surface area contributed by atoms with Gasteiger partial charge in [0.05, 0.1) is 5.92 Å². The fourth-order valence-corrected chi connectivity index (χ4v) is 7.96. The van der Waals surface area contributed by atoms with E-state index in [1.165, 1.54) is 7.11 Å². The second kappa shape index (κ2) is 9.26. The number of carbonyl (C=O) groups is 1. The van der Waals surface area contributed by atoms with E-state index in [2.05, 4.69) is 0 Å². The number of benzene rings is 4. The van der Waals surface area contributed by atoms with E-state index in [-0.39, 0.29) is 5.78 Å². The topological polar surface area (TPSA) is 43.4 Å². The molecule has 5 rings (SSSR count). The Labute approximate surface area is 206 Å². The monoisotopic (exact) mass is 478 g/mol. The summed E-state index contributed by atoms with van der Waals surface area (Å²) in [4.78, 5) is 14.7. The number of rotatable bonds is 6. The number of hydrogen-bond acceptors (Lipinski definition) is 3. The molecule has 4 aromatic rings. The van der Waals surface area contributed by atoms with Crippen LogP contribution in [0, 0.1) is 0 Å². The van der Waals surface area contributed by atoms with Crippen molar-refractivity contribution in [3.05, 3.63) is 138 Å². The Kier molecular flexibility index (Phi) is 6.15. The van der Waals surface area contributed by atoms with E-state index in [0.717, 1.165) is 27.8 Å². The fraction of sp³-hybridized carbons (Fsp3) is 0.129. The molecular formula is C31H27O3P. The van der Waals surface area contributed by atoms with Crippen molar-refractivity contribution >= 4 is 29.6 Å². The van der Waals surface area contributed by atoms with Gasteiger partial charge in [-0.25, -0.2) is 0 Å². The molecule has 0 aliphatic heterocycles. The number of Topliss-reactive ketones (excluding diaryl/α,β-unsaturated/α-hetero) is 1. The van der Waals surface area contributed by atoms with Gasteiger partial charge in [-0.15, -0.1) is 0 Å². The van der Waals surface area contributed by atoms with Gasteiger partial charge in [-0.3, -0.25) is 9.36 Å². The lowest BCUT2D eigenvalue weighted by Crippen LogP contribution is -2.39. The first-order valence-electron chi connectivity index (χ1n) is 11.7. The second-order valence-corrected chi connectivity index (χ2v) is 11.7. The zero-order valence-electron chi connectivity index (χ0n) is 19.8. The highest BCUT2D eigenvalue weighted by molar-refractivity contribution is 7.70. The van der Waals surface area contributed by atoms with Gasteiger partial charge in [0.2, 0.25) is 7.37 Å². The molecule has 0 amide bonds. The summed E-state index contributed by atoms with van der Waals surface area (Å²) in [6.07, 6.45) is 0. The summed E-state index contributed by atoms with van der Waals surface area (Å²) in [5, 5.41) is -0.858. The molecule has 0 aromatic heterocycles. The predicted molar refractivity (Wildman–Crippen MR) is 143 cm³/mol. The van der Waals surface area contributed by atoms with Crippen LogP contribution in [-0.2, 0) is 13.9 Å². The average molecular weight is 479 g/mol. The minimum atomic E-state index is -3.71. The second-order valence-electron chi connectivity index (χ2n) is 8.87. The highest BCUT2D eigenvalue weighted by Gasteiger charge is 2.62. The molecule has 3 atom stereocenters. The van der Waals surface area contributed by atoms with Gasteiger partial charge in [0.15, 0.2) is 5.78 Å². The zero-order chi connectivity index (χ0) is 24.5. The zero-order valence-corrected chi connectivity index (χ0v) is 20.7. The first kappa shape index (κ1) is 23.2. The summed E-state index contributed by atoms with van der Waals surface area (Å²) in [5.74, 6) is -0.693. The van der Waals surface area contributed by atoms with Crippen LogP contribution in [0.4, 0.5) is 0 Å². The van der Waals surface area contributed by atoms with E-state index in [9.17, 15) is 9.36 Å². The molecule has 1 aliphatic rings. The Morgan fingerprint density at radius 1 is 0.686 bits per heavy atom. The van der Waals surface area contributed by atoms with Crippen LogP contribution in [0.3, 0.4) is 0 Å². The number of hydrogen-bond donors (Lipinski definition) is 0. The molecule has 0 fully saturated rings. The largest absolute Gasteiger partial charge is 0.328 e. The van der Waals surface area contributed by atoms with Crippen LogP contribution in [0.25, 0.3) is 11.1 Å². The molecule has 4 aromatic carbocycles. The molecule has 0 bridgehead atoms. The van der Waals surface area contributed by atoms with Crippen molar-refractivity contribution in [1.82, 2.24) is 0 Å². The van der Waals surface area contributed by atoms with Crippen molar-refractivity contribution < 1.29 is 13.9 Å². The number of carbonyl (C=O) groups excluding carboxylic acids is 1. The van der Waals surface area contributed by atoms with E-state index >= 15 is 0 Å². The van der Waals surface area contributed by atoms with Crippen LogP contribution in [0.15, 0.2) is 121 Å². The van der Waals surface area contributed by atoms with Crippen LogP contribution in [0.5, 0.6) is 0 Å². The lowest BCUT2D eigenvalue weighted by Gasteiger charge is -2.35. The van der Waals surface area contributed by atoms with Gasteiger partial charge in [-0.1, -0.05) is 109 Å². The van der Waals surface area contributed by atoms with E-state index in [1.54, 1.807) is 19.1 Å². The molecule has 174 valence electrons. The highest BCUT2D eigenvalue weighted by Crippen LogP contribution is 2.69. The fourth-order valence-electron chi connectivity index (χ4n) is 5.34. The van der Waals surface area contributed by atoms with Gasteiger partial charge in [0.1, 0.15) is 5.16 Å². The Morgan fingerprint density at radius 2 is 1.14 bits per heavy atom. The summed E-state index contributed by atoms with van der Waals surface area (Å²) in [6, 6.07) is 38.7. The average Bonchev–Trinajstić information content (AvgIpc) is 3.18. The van der Waals surface area contributed by atoms with Gasteiger partial charge >= 0.3 is 0 Å². The van der Waals surface area contributed by atoms with Crippen LogP contribution < -0.4 is 5.30 Å². The highest BCUT2D eigenvalue weighted by atomic mass is 31.2. The number of ketones is 1. The van der Waals surface area contributed by atoms with Gasteiger partial charge in [-0.05, 0) is 46.9 Å². The van der Waals surface area contributed by atoms with Crippen LogP contribution >= 0.6 is 7.37 Å². The minimum Gasteiger partial charge on any atom is -0.328 e. The Balaban J connectivity index is 1.91. The Hall–Kier alpha value is -3.52. The van der Waals surface area contributed by atoms with Gasteiger partial charge in [0.25, 0.3) is 0 Å². The lowest BCUT2D eigenvalue weighted by atomic mass is 9.86. The van der Waals surface area contributed by atoms with Crippen molar-refractivity contribution in [2.45, 2.75) is 18.0 Å². The Morgan fingerprint density at radius 3 is 1.66 bits per heavy atom. The van der Waals surface area contributed by atoms with Crippen molar-refractivity contribution in [2.24, 2.45) is 0 Å². The van der Waals surface area contributed by atoms with Crippen molar-refractivity contribution in [3.8, 4) is 0 Å². The molecule has 0 saturated heterocycles. The van der Waals surface area contributed by atoms with Crippen LogP contribution in [0.1, 0.15) is 29.5 Å². The maximum atomic E-state index is 15.0. The van der Waals surface area contributed by atoms with Gasteiger partial charge in [-0.2, -0.15) is 0 Å². The van der Waals surface area contributed by atoms with Crippen molar-refractivity contribution in [2.75, 3.05) is 7.11 Å². The maximum Gasteiger partial charge on any atom is 0.249 e. The molecule has 0 heterocycles. The SMILES string of the molecule is COP(=O)(c1ccccc1)C1(C)C(=O)C(c2ccccc2)C(c2ccccc2)=C1c1ccccc1. The van der Waals surface area contributed by atoms with E-state index in [4.69, 9.17) is 4.52 Å². The van der Waals surface area contributed by atoms with Gasteiger partial charge in [0, 0.05) is 12.4 Å². The molecular weight excluding hydrogens is 451 g/mol. The van der Waals surface area contributed by atoms with E-state index in [0.29, 0.717) is 5.30 Å². The molecule has 1 aliphatic carbocycles.